The predicted octanol–water partition coefficient (Wildman–Crippen LogP) is 5.66. The molecule has 0 radical (unpaired) electrons. The van der Waals surface area contributed by atoms with E-state index < -0.39 is 11.9 Å². The highest BCUT2D eigenvalue weighted by Crippen LogP contribution is 2.30. The highest BCUT2D eigenvalue weighted by Gasteiger charge is 2.24. The van der Waals surface area contributed by atoms with Crippen molar-refractivity contribution >= 4 is 41.2 Å². The van der Waals surface area contributed by atoms with Gasteiger partial charge in [0.1, 0.15) is 18.0 Å². The van der Waals surface area contributed by atoms with E-state index >= 15 is 0 Å². The third-order valence-electron chi connectivity index (χ3n) is 6.04. The van der Waals surface area contributed by atoms with Crippen molar-refractivity contribution in [2.24, 2.45) is 5.92 Å². The molecule has 0 saturated heterocycles. The second kappa shape index (κ2) is 16.0. The van der Waals surface area contributed by atoms with Crippen LogP contribution in [0, 0.1) is 11.7 Å². The van der Waals surface area contributed by atoms with Crippen LogP contribution in [0.25, 0.3) is 12.2 Å². The van der Waals surface area contributed by atoms with Crippen LogP contribution in [0.3, 0.4) is 0 Å². The number of ether oxygens (including phenoxy) is 2. The van der Waals surface area contributed by atoms with Gasteiger partial charge in [-0.25, -0.2) is 14.4 Å². The fourth-order valence-corrected chi connectivity index (χ4v) is 3.78. The van der Waals surface area contributed by atoms with E-state index in [0.29, 0.717) is 60.7 Å². The molecular formula is C30H37ClFN5O3. The van der Waals surface area contributed by atoms with Gasteiger partial charge in [-0.3, -0.25) is 4.79 Å². The number of aromatic nitrogens is 2. The van der Waals surface area contributed by atoms with E-state index in [-0.39, 0.29) is 17.0 Å². The average Bonchev–Trinajstić information content (AvgIpc) is 3.77. The molecule has 1 saturated carbocycles. The van der Waals surface area contributed by atoms with Gasteiger partial charge in [0.25, 0.3) is 0 Å². The molecule has 2 aromatic rings. The van der Waals surface area contributed by atoms with Gasteiger partial charge in [-0.15, -0.1) is 6.58 Å². The number of halogens is 2. The van der Waals surface area contributed by atoms with Crippen LogP contribution in [0.4, 0.5) is 15.9 Å². The minimum Gasteiger partial charge on any atom is -0.373 e. The zero-order chi connectivity index (χ0) is 28.9. The average molecular weight is 570 g/mol. The molecule has 2 atom stereocenters. The summed E-state index contributed by atoms with van der Waals surface area (Å²) in [6, 6.07) is 4.29. The summed E-state index contributed by atoms with van der Waals surface area (Å²) >= 11 is 5.96. The fraction of sp³-hybridized carbons (Fsp3) is 0.367. The van der Waals surface area contributed by atoms with E-state index in [1.807, 2.05) is 13.8 Å². The third kappa shape index (κ3) is 10.3. The molecule has 1 aromatic carbocycles. The zero-order valence-electron chi connectivity index (χ0n) is 23.0. The standard InChI is InChI=1S/C30H37ClFN5O3/c1-5-14-39-20(3)17-33-13-7-8-29(38)37-28(21(4)40-18-22-9-10-22)16-24-27(6-2)34-19-35-30(24)36-23-11-12-26(32)25(31)15-23/h5-8,11-12,15-16,19-22,33H,1-2,9-10,13-14,17-18H2,3-4H3,(H,37,38)(H,34,35,36)/b8-7+,28-16+. The first kappa shape index (κ1) is 31.2. The monoisotopic (exact) mass is 569 g/mol. The lowest BCUT2D eigenvalue weighted by molar-refractivity contribution is -0.116. The molecule has 1 fully saturated rings. The molecule has 1 aliphatic carbocycles. The van der Waals surface area contributed by atoms with E-state index in [1.165, 1.54) is 24.5 Å². The second-order valence-electron chi connectivity index (χ2n) is 9.48. The Morgan fingerprint density at radius 2 is 2.05 bits per heavy atom. The van der Waals surface area contributed by atoms with Gasteiger partial charge in [0.2, 0.25) is 5.91 Å². The molecule has 0 bridgehead atoms. The summed E-state index contributed by atoms with van der Waals surface area (Å²) in [5, 5.41) is 9.32. The fourth-order valence-electron chi connectivity index (χ4n) is 3.60. The largest absolute Gasteiger partial charge is 0.373 e. The quantitative estimate of drug-likeness (QED) is 0.128. The molecule has 1 amide bonds. The summed E-state index contributed by atoms with van der Waals surface area (Å²) < 4.78 is 25.3. The number of benzene rings is 1. The van der Waals surface area contributed by atoms with Crippen molar-refractivity contribution in [1.29, 1.82) is 0 Å². The number of carbonyl (C=O) groups is 1. The summed E-state index contributed by atoms with van der Waals surface area (Å²) in [7, 11) is 0. The van der Waals surface area contributed by atoms with Crippen LogP contribution in [0.1, 0.15) is 37.9 Å². The molecule has 2 unspecified atom stereocenters. The summed E-state index contributed by atoms with van der Waals surface area (Å²) in [6.07, 6.45) is 11.6. The number of rotatable bonds is 17. The molecule has 3 rings (SSSR count). The van der Waals surface area contributed by atoms with E-state index in [0.717, 1.165) is 12.8 Å². The first-order valence-electron chi connectivity index (χ1n) is 13.2. The SMILES string of the molecule is C=CCOC(C)CNC/C=C/C(=O)N/C(=C/c1c(C=C)ncnc1Nc1ccc(F)c(Cl)c1)C(C)OCC1CC1. The van der Waals surface area contributed by atoms with Crippen LogP contribution in [0.15, 0.2) is 61.6 Å². The van der Waals surface area contributed by atoms with Gasteiger partial charge in [-0.1, -0.05) is 30.3 Å². The molecule has 10 heteroatoms. The minimum atomic E-state index is -0.521. The lowest BCUT2D eigenvalue weighted by atomic mass is 10.1. The minimum absolute atomic E-state index is 0.0184. The lowest BCUT2D eigenvalue weighted by Crippen LogP contribution is -2.30. The van der Waals surface area contributed by atoms with Gasteiger partial charge < -0.3 is 25.4 Å². The molecule has 0 spiro atoms. The predicted molar refractivity (Wildman–Crippen MR) is 159 cm³/mol. The van der Waals surface area contributed by atoms with Gasteiger partial charge in [0.05, 0.1) is 36.1 Å². The highest BCUT2D eigenvalue weighted by atomic mass is 35.5. The van der Waals surface area contributed by atoms with Crippen molar-refractivity contribution in [2.75, 3.05) is 31.6 Å². The van der Waals surface area contributed by atoms with Crippen LogP contribution in [-0.2, 0) is 14.3 Å². The first-order valence-corrected chi connectivity index (χ1v) is 13.6. The van der Waals surface area contributed by atoms with Crippen LogP contribution >= 0.6 is 11.6 Å². The van der Waals surface area contributed by atoms with Crippen LogP contribution in [-0.4, -0.2) is 54.4 Å². The zero-order valence-corrected chi connectivity index (χ0v) is 23.7. The number of hydrogen-bond acceptors (Lipinski definition) is 7. The second-order valence-corrected chi connectivity index (χ2v) is 9.89. The molecule has 3 N–H and O–H groups in total. The Hall–Kier alpha value is -3.37. The highest BCUT2D eigenvalue weighted by molar-refractivity contribution is 6.31. The number of nitrogens with one attached hydrogen (secondary N) is 3. The summed E-state index contributed by atoms with van der Waals surface area (Å²) in [5.41, 5.74) is 2.19. The molecule has 40 heavy (non-hydrogen) atoms. The summed E-state index contributed by atoms with van der Waals surface area (Å²) in [5.74, 6) is 0.156. The number of carbonyl (C=O) groups excluding carboxylic acids is 1. The van der Waals surface area contributed by atoms with E-state index in [9.17, 15) is 9.18 Å². The van der Waals surface area contributed by atoms with Crippen LogP contribution in [0.2, 0.25) is 5.02 Å². The maximum Gasteiger partial charge on any atom is 0.247 e. The van der Waals surface area contributed by atoms with Gasteiger partial charge in [-0.05, 0) is 63.0 Å². The van der Waals surface area contributed by atoms with Gasteiger partial charge in [-0.2, -0.15) is 0 Å². The number of anilines is 2. The van der Waals surface area contributed by atoms with Crippen LogP contribution < -0.4 is 16.0 Å². The van der Waals surface area contributed by atoms with Crippen molar-refractivity contribution in [2.45, 2.75) is 38.9 Å². The normalized spacial score (nSPS) is 15.1. The Morgan fingerprint density at radius 1 is 1.25 bits per heavy atom. The number of nitrogens with zero attached hydrogens (tertiary/aromatic N) is 2. The third-order valence-corrected chi connectivity index (χ3v) is 6.33. The van der Waals surface area contributed by atoms with Crippen molar-refractivity contribution in [3.63, 3.8) is 0 Å². The molecule has 1 aromatic heterocycles. The van der Waals surface area contributed by atoms with Crippen molar-refractivity contribution < 1.29 is 18.7 Å². The maximum absolute atomic E-state index is 13.7. The Labute approximate surface area is 240 Å². The molecule has 1 aliphatic rings. The molecular weight excluding hydrogens is 533 g/mol. The van der Waals surface area contributed by atoms with Crippen LogP contribution in [0.5, 0.6) is 0 Å². The van der Waals surface area contributed by atoms with E-state index in [4.69, 9.17) is 21.1 Å². The summed E-state index contributed by atoms with van der Waals surface area (Å²) in [4.78, 5) is 21.6. The smallest absolute Gasteiger partial charge is 0.247 e. The van der Waals surface area contributed by atoms with E-state index in [1.54, 1.807) is 30.4 Å². The van der Waals surface area contributed by atoms with Crippen molar-refractivity contribution in [3.8, 4) is 0 Å². The molecule has 8 nitrogen and oxygen atoms in total. The van der Waals surface area contributed by atoms with Gasteiger partial charge >= 0.3 is 0 Å². The first-order chi connectivity index (χ1) is 19.3. The summed E-state index contributed by atoms with van der Waals surface area (Å²) in [6.45, 7) is 13.6. The lowest BCUT2D eigenvalue weighted by Gasteiger charge is -2.19. The Balaban J connectivity index is 1.78. The Bertz CT molecular complexity index is 1230. The van der Waals surface area contributed by atoms with Gasteiger partial charge in [0.15, 0.2) is 0 Å². The number of amides is 1. The van der Waals surface area contributed by atoms with Gasteiger partial charge in [0, 0.05) is 36.1 Å². The van der Waals surface area contributed by atoms with Crippen molar-refractivity contribution in [3.05, 3.63) is 83.7 Å². The topological polar surface area (TPSA) is 97.4 Å². The number of hydrogen-bond donors (Lipinski definition) is 3. The Morgan fingerprint density at radius 3 is 2.75 bits per heavy atom. The van der Waals surface area contributed by atoms with E-state index in [2.05, 4.69) is 39.1 Å². The molecule has 214 valence electrons. The van der Waals surface area contributed by atoms with Crippen molar-refractivity contribution in [1.82, 2.24) is 20.6 Å². The Kier molecular flexibility index (Phi) is 12.5. The molecule has 1 heterocycles. The molecule has 0 aliphatic heterocycles. The maximum atomic E-state index is 13.7.